The van der Waals surface area contributed by atoms with Gasteiger partial charge in [-0.2, -0.15) is 0 Å². The second-order valence-corrected chi connectivity index (χ2v) is 8.08. The number of likely N-dealkylation sites (tertiary alicyclic amines) is 1. The van der Waals surface area contributed by atoms with Crippen LogP contribution in [-0.2, 0) is 6.54 Å². The molecule has 1 aliphatic rings. The van der Waals surface area contributed by atoms with Crippen molar-refractivity contribution in [1.29, 1.82) is 0 Å². The number of hydrogen-bond donors (Lipinski definition) is 1. The van der Waals surface area contributed by atoms with Crippen molar-refractivity contribution in [1.82, 2.24) is 29.4 Å². The van der Waals surface area contributed by atoms with Crippen LogP contribution in [0.15, 0.2) is 36.9 Å². The van der Waals surface area contributed by atoms with Crippen LogP contribution < -0.4 is 10.6 Å². The van der Waals surface area contributed by atoms with Gasteiger partial charge in [-0.15, -0.1) is 0 Å². The number of benzene rings is 1. The van der Waals surface area contributed by atoms with E-state index in [1.807, 2.05) is 4.57 Å². The lowest BCUT2D eigenvalue weighted by Gasteiger charge is -2.44. The van der Waals surface area contributed by atoms with Gasteiger partial charge in [0.1, 0.15) is 17.7 Å². The fourth-order valence-corrected chi connectivity index (χ4v) is 4.39. The smallest absolute Gasteiger partial charge is 0.165 e. The molecule has 1 aliphatic heterocycles. The Morgan fingerprint density at radius 2 is 2.00 bits per heavy atom. The van der Waals surface area contributed by atoms with E-state index in [1.165, 1.54) is 11.9 Å². The van der Waals surface area contributed by atoms with Gasteiger partial charge in [-0.1, -0.05) is 18.2 Å². The number of nitrogens with zero attached hydrogens (tertiary/aromatic N) is 7. The Kier molecular flexibility index (Phi) is 4.51. The highest BCUT2D eigenvalue weighted by molar-refractivity contribution is 5.85. The van der Waals surface area contributed by atoms with Crippen molar-refractivity contribution in [2.24, 2.45) is 0 Å². The number of aryl methyl sites for hydroxylation is 1. The number of rotatable bonds is 5. The zero-order chi connectivity index (χ0) is 20.8. The van der Waals surface area contributed by atoms with Gasteiger partial charge in [-0.25, -0.2) is 19.9 Å². The topological polar surface area (TPSA) is 89.0 Å². The number of aromatic nitrogens is 5. The zero-order valence-electron chi connectivity index (χ0n) is 17.6. The lowest BCUT2D eigenvalue weighted by molar-refractivity contribution is 0.183. The summed E-state index contributed by atoms with van der Waals surface area (Å²) in [6.07, 6.45) is 3.27. The van der Waals surface area contributed by atoms with E-state index in [-0.39, 0.29) is 0 Å². The number of hydrogen-bond acceptors (Lipinski definition) is 7. The molecule has 1 aromatic carbocycles. The zero-order valence-corrected chi connectivity index (χ0v) is 17.6. The highest BCUT2D eigenvalue weighted by Gasteiger charge is 2.30. The number of nitrogen functional groups attached to an aromatic ring is 1. The van der Waals surface area contributed by atoms with E-state index in [2.05, 4.69) is 69.9 Å². The maximum absolute atomic E-state index is 5.98. The van der Waals surface area contributed by atoms with Gasteiger partial charge in [0.25, 0.3) is 0 Å². The van der Waals surface area contributed by atoms with Crippen LogP contribution in [-0.4, -0.2) is 62.1 Å². The fraction of sp³-hybridized carbons (Fsp3) is 0.364. The summed E-state index contributed by atoms with van der Waals surface area (Å²) in [6, 6.07) is 9.07. The van der Waals surface area contributed by atoms with Crippen molar-refractivity contribution in [2.45, 2.75) is 26.4 Å². The molecule has 1 fully saturated rings. The van der Waals surface area contributed by atoms with E-state index in [0.29, 0.717) is 23.9 Å². The number of fused-ring (bicyclic) bond motifs is 2. The van der Waals surface area contributed by atoms with Crippen molar-refractivity contribution in [2.75, 3.05) is 37.3 Å². The lowest BCUT2D eigenvalue weighted by Crippen LogP contribution is -2.58. The minimum atomic E-state index is 0.402. The van der Waals surface area contributed by atoms with Crippen LogP contribution >= 0.6 is 0 Å². The van der Waals surface area contributed by atoms with Gasteiger partial charge in [-0.3, -0.25) is 0 Å². The number of anilines is 2. The van der Waals surface area contributed by atoms with E-state index in [9.17, 15) is 0 Å². The fourth-order valence-electron chi connectivity index (χ4n) is 4.39. The molecule has 0 saturated carbocycles. The average Bonchev–Trinajstić information content (AvgIpc) is 3.12. The van der Waals surface area contributed by atoms with Crippen LogP contribution in [0.2, 0.25) is 0 Å². The summed E-state index contributed by atoms with van der Waals surface area (Å²) in [4.78, 5) is 22.8. The summed E-state index contributed by atoms with van der Waals surface area (Å²) in [5.74, 6) is 1.44. The molecule has 8 heteroatoms. The van der Waals surface area contributed by atoms with Gasteiger partial charge in [-0.05, 0) is 32.5 Å². The predicted molar refractivity (Wildman–Crippen MR) is 120 cm³/mol. The molecule has 0 bridgehead atoms. The number of nitrogens with two attached hydrogens (primary N) is 1. The minimum Gasteiger partial charge on any atom is -0.382 e. The van der Waals surface area contributed by atoms with Gasteiger partial charge >= 0.3 is 0 Å². The number of para-hydroxylation sites is 1. The highest BCUT2D eigenvalue weighted by atomic mass is 15.3. The number of likely N-dealkylation sites (N-methyl/N-ethyl adjacent to an activating group) is 2. The summed E-state index contributed by atoms with van der Waals surface area (Å²) in [6.45, 7) is 7.96. The van der Waals surface area contributed by atoms with Gasteiger partial charge in [0.05, 0.1) is 24.4 Å². The van der Waals surface area contributed by atoms with E-state index in [4.69, 9.17) is 10.7 Å². The second-order valence-electron chi connectivity index (χ2n) is 8.08. The van der Waals surface area contributed by atoms with Crippen LogP contribution in [0.3, 0.4) is 0 Å². The quantitative estimate of drug-likeness (QED) is 0.548. The molecule has 0 aliphatic carbocycles. The third kappa shape index (κ3) is 3.04. The molecule has 0 unspecified atom stereocenters. The number of pyridine rings is 1. The van der Waals surface area contributed by atoms with Gasteiger partial charge in [0.2, 0.25) is 0 Å². The standard InChI is InChI=1S/C22H26N8/c1-4-30(17-10-28(3)11-17)21-16(8-15-7-5-6-14(2)18(15)27-21)9-29-13-26-19-20(23)24-12-25-22(19)29/h5-8,12-13,17H,4,9-11H2,1-3H3,(H2,23,24,25). The molecule has 154 valence electrons. The van der Waals surface area contributed by atoms with Crippen molar-refractivity contribution >= 4 is 33.7 Å². The Morgan fingerprint density at radius 1 is 1.17 bits per heavy atom. The van der Waals surface area contributed by atoms with Crippen LogP contribution in [0, 0.1) is 6.92 Å². The van der Waals surface area contributed by atoms with Crippen molar-refractivity contribution < 1.29 is 0 Å². The Labute approximate surface area is 175 Å². The van der Waals surface area contributed by atoms with Crippen molar-refractivity contribution in [3.63, 3.8) is 0 Å². The first kappa shape index (κ1) is 18.7. The normalized spacial score (nSPS) is 15.0. The Bertz CT molecular complexity index is 1220. The van der Waals surface area contributed by atoms with Gasteiger partial charge in [0.15, 0.2) is 11.5 Å². The maximum atomic E-state index is 5.98. The maximum Gasteiger partial charge on any atom is 0.165 e. The molecule has 30 heavy (non-hydrogen) atoms. The average molecular weight is 403 g/mol. The molecule has 2 N–H and O–H groups in total. The largest absolute Gasteiger partial charge is 0.382 e. The summed E-state index contributed by atoms with van der Waals surface area (Å²) >= 11 is 0. The minimum absolute atomic E-state index is 0.402. The lowest BCUT2D eigenvalue weighted by atomic mass is 10.0. The van der Waals surface area contributed by atoms with E-state index in [0.717, 1.165) is 47.6 Å². The van der Waals surface area contributed by atoms with Crippen LogP contribution in [0.5, 0.6) is 0 Å². The molecular weight excluding hydrogens is 376 g/mol. The summed E-state index contributed by atoms with van der Waals surface area (Å²) < 4.78 is 2.02. The Hall–Kier alpha value is -3.26. The summed E-state index contributed by atoms with van der Waals surface area (Å²) in [5.41, 5.74) is 10.8. The van der Waals surface area contributed by atoms with Gasteiger partial charge in [0, 0.05) is 30.6 Å². The van der Waals surface area contributed by atoms with Crippen molar-refractivity contribution in [3.05, 3.63) is 48.0 Å². The SMILES string of the molecule is CCN(c1nc2c(C)cccc2cc1Cn1cnc2c(N)ncnc21)C1CN(C)C1. The van der Waals surface area contributed by atoms with Crippen LogP contribution in [0.25, 0.3) is 22.1 Å². The molecule has 5 rings (SSSR count). The summed E-state index contributed by atoms with van der Waals surface area (Å²) in [5, 5.41) is 1.15. The number of imidazole rings is 1. The molecule has 0 atom stereocenters. The molecule has 4 aromatic rings. The monoisotopic (exact) mass is 402 g/mol. The first-order chi connectivity index (χ1) is 14.5. The predicted octanol–water partition coefficient (Wildman–Crippen LogP) is 2.45. The third-order valence-corrected chi connectivity index (χ3v) is 5.97. The van der Waals surface area contributed by atoms with Crippen molar-refractivity contribution in [3.8, 4) is 0 Å². The van der Waals surface area contributed by atoms with Gasteiger partial charge < -0.3 is 20.1 Å². The second kappa shape index (κ2) is 7.21. The van der Waals surface area contributed by atoms with E-state index >= 15 is 0 Å². The molecule has 1 saturated heterocycles. The molecule has 0 amide bonds. The van der Waals surface area contributed by atoms with E-state index in [1.54, 1.807) is 6.33 Å². The van der Waals surface area contributed by atoms with Crippen LogP contribution in [0.4, 0.5) is 11.6 Å². The van der Waals surface area contributed by atoms with Crippen LogP contribution in [0.1, 0.15) is 18.1 Å². The molecule has 4 heterocycles. The summed E-state index contributed by atoms with van der Waals surface area (Å²) in [7, 11) is 2.16. The molecule has 8 nitrogen and oxygen atoms in total. The highest BCUT2D eigenvalue weighted by Crippen LogP contribution is 2.30. The third-order valence-electron chi connectivity index (χ3n) is 5.97. The van der Waals surface area contributed by atoms with E-state index < -0.39 is 0 Å². The molecular formula is C22H26N8. The Morgan fingerprint density at radius 3 is 2.77 bits per heavy atom. The molecule has 3 aromatic heterocycles. The first-order valence-corrected chi connectivity index (χ1v) is 10.3. The molecule has 0 radical (unpaired) electrons. The molecule has 0 spiro atoms. The Balaban J connectivity index is 1.64. The first-order valence-electron chi connectivity index (χ1n) is 10.3.